The van der Waals surface area contributed by atoms with Crippen LogP contribution in [0.2, 0.25) is 11.1 Å². The molecule has 101 valence electrons. The summed E-state index contributed by atoms with van der Waals surface area (Å²) in [6.07, 6.45) is 14.2. The smallest absolute Gasteiger partial charge is 0.342 e. The van der Waals surface area contributed by atoms with Crippen molar-refractivity contribution in [1.29, 1.82) is 0 Å². The zero-order chi connectivity index (χ0) is 13.3. The molecule has 0 spiro atoms. The van der Waals surface area contributed by atoms with Gasteiger partial charge in [-0.3, -0.25) is 0 Å². The molecule has 2 unspecified atom stereocenters. The Labute approximate surface area is 115 Å². The van der Waals surface area contributed by atoms with Crippen molar-refractivity contribution in [3.8, 4) is 0 Å². The Morgan fingerprint density at radius 3 is 1.94 bits per heavy atom. The third kappa shape index (κ3) is 6.85. The van der Waals surface area contributed by atoms with Crippen molar-refractivity contribution >= 4 is 15.4 Å². The fourth-order valence-electron chi connectivity index (χ4n) is 2.96. The first-order valence-electron chi connectivity index (χ1n) is 7.86. The van der Waals surface area contributed by atoms with E-state index >= 15 is 0 Å². The van der Waals surface area contributed by atoms with Crippen LogP contribution in [-0.4, -0.2) is 15.4 Å². The SMILES string of the molecule is [B]C1CCCCCCCCC(C)([B]F)CCCC1. The monoisotopic (exact) mass is 249 g/mol. The molecule has 0 bridgehead atoms. The summed E-state index contributed by atoms with van der Waals surface area (Å²) < 4.78 is 13.1. The molecular formula is C15H28B2F. The average Bonchev–Trinajstić information content (AvgIpc) is 2.37. The number of rotatable bonds is 1. The lowest BCUT2D eigenvalue weighted by molar-refractivity contribution is 0.424. The Hall–Kier alpha value is 0.0599. The Kier molecular flexibility index (Phi) is 8.10. The minimum Gasteiger partial charge on any atom is -0.342 e. The van der Waals surface area contributed by atoms with Crippen molar-refractivity contribution in [2.45, 2.75) is 95.1 Å². The molecule has 1 saturated carbocycles. The molecule has 0 amide bonds. The second-order valence-electron chi connectivity index (χ2n) is 6.43. The van der Waals surface area contributed by atoms with Gasteiger partial charge in [-0.2, -0.15) is 0 Å². The zero-order valence-electron chi connectivity index (χ0n) is 12.1. The minimum absolute atomic E-state index is 0.186. The summed E-state index contributed by atoms with van der Waals surface area (Å²) in [7, 11) is 7.05. The lowest BCUT2D eigenvalue weighted by Crippen LogP contribution is -2.14. The van der Waals surface area contributed by atoms with Gasteiger partial charge >= 0.3 is 7.56 Å². The summed E-state index contributed by atoms with van der Waals surface area (Å²) in [5.74, 6) is 0.369. The van der Waals surface area contributed by atoms with Gasteiger partial charge in [-0.1, -0.05) is 89.8 Å². The van der Waals surface area contributed by atoms with Gasteiger partial charge in [0.2, 0.25) is 0 Å². The molecule has 0 aromatic rings. The molecule has 1 fully saturated rings. The van der Waals surface area contributed by atoms with Gasteiger partial charge in [-0.15, -0.1) is 0 Å². The van der Waals surface area contributed by atoms with E-state index in [4.69, 9.17) is 7.85 Å². The fourth-order valence-corrected chi connectivity index (χ4v) is 2.96. The van der Waals surface area contributed by atoms with Gasteiger partial charge in [0.05, 0.1) is 7.85 Å². The van der Waals surface area contributed by atoms with Gasteiger partial charge < -0.3 is 4.32 Å². The molecule has 3 heteroatoms. The normalized spacial score (nSPS) is 33.6. The summed E-state index contributed by atoms with van der Waals surface area (Å²) in [5.41, 5.74) is 0. The fraction of sp³-hybridized carbons (Fsp3) is 1.00. The summed E-state index contributed by atoms with van der Waals surface area (Å²) in [4.78, 5) is 0. The first-order valence-corrected chi connectivity index (χ1v) is 7.86. The lowest BCUT2D eigenvalue weighted by Gasteiger charge is -2.25. The van der Waals surface area contributed by atoms with Crippen LogP contribution in [0.4, 0.5) is 4.32 Å². The van der Waals surface area contributed by atoms with Gasteiger partial charge in [0.25, 0.3) is 0 Å². The van der Waals surface area contributed by atoms with Crippen LogP contribution in [0.5, 0.6) is 0 Å². The maximum atomic E-state index is 13.1. The molecule has 1 rings (SSSR count). The van der Waals surface area contributed by atoms with Crippen LogP contribution >= 0.6 is 0 Å². The summed E-state index contributed by atoms with van der Waals surface area (Å²) in [6, 6.07) is 0. The minimum atomic E-state index is -0.186. The third-order valence-corrected chi connectivity index (χ3v) is 4.41. The van der Waals surface area contributed by atoms with Crippen LogP contribution in [0.15, 0.2) is 0 Å². The molecule has 0 aromatic carbocycles. The summed E-state index contributed by atoms with van der Waals surface area (Å²) in [6.45, 7) is 2.07. The summed E-state index contributed by atoms with van der Waals surface area (Å²) in [5, 5.41) is -0.186. The molecular weight excluding hydrogens is 221 g/mol. The molecule has 0 heterocycles. The highest BCUT2D eigenvalue weighted by Crippen LogP contribution is 2.38. The van der Waals surface area contributed by atoms with Crippen molar-refractivity contribution in [2.24, 2.45) is 0 Å². The summed E-state index contributed by atoms with van der Waals surface area (Å²) >= 11 is 0. The first-order chi connectivity index (χ1) is 8.66. The lowest BCUT2D eigenvalue weighted by atomic mass is 9.61. The largest absolute Gasteiger partial charge is 0.360 e. The van der Waals surface area contributed by atoms with E-state index in [1.165, 1.54) is 44.9 Å². The van der Waals surface area contributed by atoms with E-state index in [2.05, 4.69) is 6.92 Å². The molecule has 0 aliphatic heterocycles. The zero-order valence-corrected chi connectivity index (χ0v) is 12.1. The van der Waals surface area contributed by atoms with E-state index in [0.29, 0.717) is 5.82 Å². The van der Waals surface area contributed by atoms with Crippen molar-refractivity contribution in [2.75, 3.05) is 0 Å². The van der Waals surface area contributed by atoms with E-state index in [1.54, 1.807) is 0 Å². The second-order valence-corrected chi connectivity index (χ2v) is 6.43. The first kappa shape index (κ1) is 16.1. The van der Waals surface area contributed by atoms with E-state index in [-0.39, 0.29) is 5.31 Å². The van der Waals surface area contributed by atoms with Crippen LogP contribution in [0.25, 0.3) is 0 Å². The predicted molar refractivity (Wildman–Crippen MR) is 80.1 cm³/mol. The predicted octanol–water partition coefficient (Wildman–Crippen LogP) is 5.41. The molecule has 3 radical (unpaired) electrons. The number of halogens is 1. The van der Waals surface area contributed by atoms with E-state index in [9.17, 15) is 4.32 Å². The van der Waals surface area contributed by atoms with Gasteiger partial charge in [-0.05, 0) is 5.31 Å². The molecule has 1 aliphatic carbocycles. The average molecular weight is 249 g/mol. The van der Waals surface area contributed by atoms with Gasteiger partial charge in [0.1, 0.15) is 0 Å². The highest BCUT2D eigenvalue weighted by atomic mass is 19.1. The highest BCUT2D eigenvalue weighted by molar-refractivity contribution is 6.31. The molecule has 2 atom stereocenters. The van der Waals surface area contributed by atoms with Crippen LogP contribution in [-0.2, 0) is 0 Å². The third-order valence-electron chi connectivity index (χ3n) is 4.41. The molecule has 0 nitrogen and oxygen atoms in total. The second kappa shape index (κ2) is 9.04. The van der Waals surface area contributed by atoms with Gasteiger partial charge in [-0.25, -0.2) is 0 Å². The maximum Gasteiger partial charge on any atom is 0.360 e. The maximum absolute atomic E-state index is 13.1. The number of hydrogen-bond donors (Lipinski definition) is 0. The van der Waals surface area contributed by atoms with Crippen LogP contribution < -0.4 is 0 Å². The van der Waals surface area contributed by atoms with Crippen molar-refractivity contribution in [3.05, 3.63) is 0 Å². The Balaban J connectivity index is 2.37. The Bertz CT molecular complexity index is 211. The van der Waals surface area contributed by atoms with Crippen LogP contribution in [0.1, 0.15) is 84.0 Å². The molecule has 18 heavy (non-hydrogen) atoms. The van der Waals surface area contributed by atoms with Crippen molar-refractivity contribution in [3.63, 3.8) is 0 Å². The standard InChI is InChI=1S/C15H28B2F/c1-15(17-18)12-8-5-3-2-4-6-10-14(16)11-7-9-13-15/h14H,2-13H2,1H3. The molecule has 0 saturated heterocycles. The molecule has 1 aliphatic rings. The molecule has 0 N–H and O–H groups in total. The molecule has 0 aromatic heterocycles. The van der Waals surface area contributed by atoms with E-state index in [0.717, 1.165) is 39.7 Å². The van der Waals surface area contributed by atoms with Crippen LogP contribution in [0, 0.1) is 0 Å². The Morgan fingerprint density at radius 2 is 1.33 bits per heavy atom. The topological polar surface area (TPSA) is 0 Å². The van der Waals surface area contributed by atoms with Gasteiger partial charge in [0, 0.05) is 0 Å². The van der Waals surface area contributed by atoms with E-state index < -0.39 is 0 Å². The van der Waals surface area contributed by atoms with E-state index in [1.807, 2.05) is 0 Å². The quantitative estimate of drug-likeness (QED) is 0.545. The van der Waals surface area contributed by atoms with Crippen molar-refractivity contribution in [1.82, 2.24) is 0 Å². The highest BCUT2D eigenvalue weighted by Gasteiger charge is 2.25. The van der Waals surface area contributed by atoms with Gasteiger partial charge in [0.15, 0.2) is 0 Å². The van der Waals surface area contributed by atoms with Crippen LogP contribution in [0.3, 0.4) is 0 Å². The Morgan fingerprint density at radius 1 is 0.889 bits per heavy atom. The number of hydrogen-bond acceptors (Lipinski definition) is 0. The van der Waals surface area contributed by atoms with Crippen molar-refractivity contribution < 1.29 is 4.32 Å².